The highest BCUT2D eigenvalue weighted by Crippen LogP contribution is 1.97. The second-order valence-corrected chi connectivity index (χ2v) is 1.25. The fourth-order valence-electron chi connectivity index (χ4n) is 0.224. The Morgan fingerprint density at radius 1 is 1.62 bits per heavy atom. The van der Waals surface area contributed by atoms with E-state index in [4.69, 9.17) is 0 Å². The third-order valence-electron chi connectivity index (χ3n) is 0.619. The van der Waals surface area contributed by atoms with Gasteiger partial charge in [0, 0.05) is 12.5 Å². The average Bonchev–Trinajstić information content (AvgIpc) is 1.65. The number of hydrogen-bond acceptors (Lipinski definition) is 1. The fourth-order valence-corrected chi connectivity index (χ4v) is 0.224. The van der Waals surface area contributed by atoms with E-state index in [-0.39, 0.29) is 6.42 Å². The number of ketones is 1. The molecule has 46 valence electrons. The van der Waals surface area contributed by atoms with Crippen LogP contribution in [0.1, 0.15) is 13.3 Å². The molecule has 0 saturated carbocycles. The first kappa shape index (κ1) is 7.27. The highest BCUT2D eigenvalue weighted by Gasteiger charge is 1.94. The van der Waals surface area contributed by atoms with Crippen LogP contribution in [0.15, 0.2) is 12.2 Å². The third kappa shape index (κ3) is 3.46. The van der Waals surface area contributed by atoms with Crippen LogP contribution in [0, 0.1) is 0 Å². The third-order valence-corrected chi connectivity index (χ3v) is 0.619. The molecule has 0 atom stereocenters. The van der Waals surface area contributed by atoms with E-state index in [0.717, 1.165) is 0 Å². The van der Waals surface area contributed by atoms with Crippen molar-refractivity contribution in [3.05, 3.63) is 12.2 Å². The zero-order chi connectivity index (χ0) is 6.57. The summed E-state index contributed by atoms with van der Waals surface area (Å²) in [5, 5.41) is 0. The van der Waals surface area contributed by atoms with Crippen LogP contribution in [0.25, 0.3) is 0 Å². The van der Waals surface area contributed by atoms with Gasteiger partial charge in [0.05, 0.1) is 0 Å². The molecule has 0 saturated heterocycles. The SMILES string of the molecule is CCC(=O)C=C(F)F. The van der Waals surface area contributed by atoms with Gasteiger partial charge in [-0.1, -0.05) is 6.92 Å². The molecule has 0 heterocycles. The maximum atomic E-state index is 11.1. The molecule has 0 aromatic heterocycles. The Morgan fingerprint density at radius 2 is 2.12 bits per heavy atom. The highest BCUT2D eigenvalue weighted by atomic mass is 19.3. The molecule has 0 aliphatic carbocycles. The fraction of sp³-hybridized carbons (Fsp3) is 0.400. The Bertz CT molecular complexity index is 114. The topological polar surface area (TPSA) is 17.1 Å². The predicted octanol–water partition coefficient (Wildman–Crippen LogP) is 1.75. The van der Waals surface area contributed by atoms with E-state index in [0.29, 0.717) is 6.08 Å². The van der Waals surface area contributed by atoms with Crippen molar-refractivity contribution >= 4 is 5.78 Å². The molecule has 0 amide bonds. The molecule has 0 radical (unpaired) electrons. The van der Waals surface area contributed by atoms with Gasteiger partial charge in [-0.2, -0.15) is 8.78 Å². The van der Waals surface area contributed by atoms with E-state index in [2.05, 4.69) is 0 Å². The van der Waals surface area contributed by atoms with E-state index < -0.39 is 11.9 Å². The summed E-state index contributed by atoms with van der Waals surface area (Å²) >= 11 is 0. The Labute approximate surface area is 46.0 Å². The monoisotopic (exact) mass is 120 g/mol. The summed E-state index contributed by atoms with van der Waals surface area (Å²) in [6.07, 6.45) is -1.45. The molecule has 0 rings (SSSR count). The molecule has 8 heavy (non-hydrogen) atoms. The molecule has 0 unspecified atom stereocenters. The first-order valence-electron chi connectivity index (χ1n) is 2.22. The van der Waals surface area contributed by atoms with Gasteiger partial charge in [-0.3, -0.25) is 4.79 Å². The zero-order valence-electron chi connectivity index (χ0n) is 4.45. The van der Waals surface area contributed by atoms with Gasteiger partial charge in [0.2, 0.25) is 0 Å². The van der Waals surface area contributed by atoms with Gasteiger partial charge in [-0.25, -0.2) is 0 Å². The van der Waals surface area contributed by atoms with E-state index in [1.165, 1.54) is 6.92 Å². The largest absolute Gasteiger partial charge is 0.295 e. The van der Waals surface area contributed by atoms with E-state index in [9.17, 15) is 13.6 Å². The van der Waals surface area contributed by atoms with Crippen LogP contribution in [0.2, 0.25) is 0 Å². The highest BCUT2D eigenvalue weighted by molar-refractivity contribution is 5.89. The van der Waals surface area contributed by atoms with Gasteiger partial charge in [-0.15, -0.1) is 0 Å². The summed E-state index contributed by atoms with van der Waals surface area (Å²) in [5.41, 5.74) is 0. The van der Waals surface area contributed by atoms with Crippen LogP contribution in [-0.2, 0) is 4.79 Å². The molecule has 0 spiro atoms. The summed E-state index contributed by atoms with van der Waals surface area (Å²) in [4.78, 5) is 10.1. The zero-order valence-corrected chi connectivity index (χ0v) is 4.45. The molecule has 1 nitrogen and oxygen atoms in total. The first-order chi connectivity index (χ1) is 3.66. The Hall–Kier alpha value is -0.730. The molecular formula is C5H6F2O. The molecule has 3 heteroatoms. The molecule has 0 aromatic carbocycles. The summed E-state index contributed by atoms with van der Waals surface area (Å²) in [6, 6.07) is 0. The number of allylic oxidation sites excluding steroid dienone is 1. The van der Waals surface area contributed by atoms with Crippen molar-refractivity contribution in [3.63, 3.8) is 0 Å². The molecular weight excluding hydrogens is 114 g/mol. The molecule has 0 aliphatic heterocycles. The van der Waals surface area contributed by atoms with Crippen molar-refractivity contribution in [1.29, 1.82) is 0 Å². The first-order valence-corrected chi connectivity index (χ1v) is 2.22. The lowest BCUT2D eigenvalue weighted by molar-refractivity contribution is -0.114. The number of halogens is 2. The van der Waals surface area contributed by atoms with E-state index >= 15 is 0 Å². The second-order valence-electron chi connectivity index (χ2n) is 1.25. The second kappa shape index (κ2) is 3.29. The minimum absolute atomic E-state index is 0.136. The molecule has 0 aromatic rings. The Balaban J connectivity index is 3.70. The Morgan fingerprint density at radius 3 is 2.25 bits per heavy atom. The lowest BCUT2D eigenvalue weighted by Crippen LogP contribution is -1.86. The number of rotatable bonds is 2. The van der Waals surface area contributed by atoms with Crippen molar-refractivity contribution in [2.45, 2.75) is 13.3 Å². The molecule has 0 fully saturated rings. The summed E-state index contributed by atoms with van der Waals surface area (Å²) in [5.74, 6) is -0.537. The minimum atomic E-state index is -1.92. The maximum Gasteiger partial charge on any atom is 0.273 e. The number of carbonyl (C=O) groups is 1. The standard InChI is InChI=1S/C5H6F2O/c1-2-4(8)3-5(6)7/h3H,2H2,1H3. The average molecular weight is 120 g/mol. The Kier molecular flexibility index (Phi) is 2.99. The smallest absolute Gasteiger partial charge is 0.273 e. The summed E-state index contributed by atoms with van der Waals surface area (Å²) in [6.45, 7) is 1.53. The van der Waals surface area contributed by atoms with Crippen LogP contribution < -0.4 is 0 Å². The molecule has 0 N–H and O–H groups in total. The molecule has 0 bridgehead atoms. The number of carbonyl (C=O) groups excluding carboxylic acids is 1. The predicted molar refractivity (Wildman–Crippen MR) is 25.6 cm³/mol. The van der Waals surface area contributed by atoms with Gasteiger partial charge >= 0.3 is 0 Å². The van der Waals surface area contributed by atoms with Crippen molar-refractivity contribution in [2.75, 3.05) is 0 Å². The normalized spacial score (nSPS) is 8.38. The van der Waals surface area contributed by atoms with Crippen LogP contribution in [0.3, 0.4) is 0 Å². The van der Waals surface area contributed by atoms with Crippen molar-refractivity contribution in [2.24, 2.45) is 0 Å². The van der Waals surface area contributed by atoms with Gasteiger partial charge in [-0.05, 0) is 0 Å². The lowest BCUT2D eigenvalue weighted by Gasteiger charge is -1.79. The lowest BCUT2D eigenvalue weighted by atomic mass is 10.3. The summed E-state index contributed by atoms with van der Waals surface area (Å²) < 4.78 is 22.2. The van der Waals surface area contributed by atoms with Gasteiger partial charge in [0.15, 0.2) is 5.78 Å². The quantitative estimate of drug-likeness (QED) is 0.507. The van der Waals surface area contributed by atoms with Crippen LogP contribution in [0.5, 0.6) is 0 Å². The van der Waals surface area contributed by atoms with Crippen molar-refractivity contribution < 1.29 is 13.6 Å². The van der Waals surface area contributed by atoms with Gasteiger partial charge < -0.3 is 0 Å². The minimum Gasteiger partial charge on any atom is -0.295 e. The number of hydrogen-bond donors (Lipinski definition) is 0. The van der Waals surface area contributed by atoms with Crippen LogP contribution in [0.4, 0.5) is 8.78 Å². The van der Waals surface area contributed by atoms with Gasteiger partial charge in [0.25, 0.3) is 6.08 Å². The van der Waals surface area contributed by atoms with E-state index in [1.807, 2.05) is 0 Å². The van der Waals surface area contributed by atoms with Gasteiger partial charge in [0.1, 0.15) is 0 Å². The maximum absolute atomic E-state index is 11.1. The summed E-state index contributed by atoms with van der Waals surface area (Å²) in [7, 11) is 0. The molecule has 0 aliphatic rings. The van der Waals surface area contributed by atoms with Crippen molar-refractivity contribution in [1.82, 2.24) is 0 Å². The van der Waals surface area contributed by atoms with Crippen LogP contribution in [-0.4, -0.2) is 5.78 Å². The van der Waals surface area contributed by atoms with Crippen molar-refractivity contribution in [3.8, 4) is 0 Å². The van der Waals surface area contributed by atoms with Crippen LogP contribution >= 0.6 is 0 Å². The van der Waals surface area contributed by atoms with E-state index in [1.54, 1.807) is 0 Å².